The first-order chi connectivity index (χ1) is 9.20. The van der Waals surface area contributed by atoms with Crippen LogP contribution in [0.3, 0.4) is 0 Å². The lowest BCUT2D eigenvalue weighted by Crippen LogP contribution is -2.39. The highest BCUT2D eigenvalue weighted by molar-refractivity contribution is 5.73. The van der Waals surface area contributed by atoms with Crippen molar-refractivity contribution < 1.29 is 14.3 Å². The molecule has 1 fully saturated rings. The molecule has 3 rings (SSSR count). The first kappa shape index (κ1) is 12.4. The molecular weight excluding hydrogens is 250 g/mol. The molecule has 0 spiro atoms. The maximum atomic E-state index is 12.1. The van der Waals surface area contributed by atoms with Crippen LogP contribution in [0.4, 0.5) is 0 Å². The number of ether oxygens (including phenoxy) is 2. The van der Waals surface area contributed by atoms with Crippen molar-refractivity contribution in [3.63, 3.8) is 0 Å². The number of nitrogens with zero attached hydrogens (tertiary/aromatic N) is 3. The first-order valence-corrected chi connectivity index (χ1v) is 6.53. The molecule has 0 unspecified atom stereocenters. The van der Waals surface area contributed by atoms with Crippen LogP contribution in [-0.4, -0.2) is 34.0 Å². The first-order valence-electron chi connectivity index (χ1n) is 6.53. The van der Waals surface area contributed by atoms with Gasteiger partial charge in [0.2, 0.25) is 0 Å². The molecule has 7 heteroatoms. The number of hydrogen-bond acceptors (Lipinski definition) is 5. The molecule has 0 bridgehead atoms. The van der Waals surface area contributed by atoms with E-state index in [2.05, 4.69) is 5.10 Å². The summed E-state index contributed by atoms with van der Waals surface area (Å²) in [6, 6.07) is 0. The molecule has 2 heterocycles. The Morgan fingerprint density at radius 2 is 2.37 bits per heavy atom. The van der Waals surface area contributed by atoms with Crippen molar-refractivity contribution in [2.75, 3.05) is 13.7 Å². The second-order valence-electron chi connectivity index (χ2n) is 5.05. The average Bonchev–Trinajstić information content (AvgIpc) is 2.72. The van der Waals surface area contributed by atoms with E-state index in [1.165, 1.54) is 11.8 Å². The van der Waals surface area contributed by atoms with Crippen molar-refractivity contribution in [3.05, 3.63) is 16.3 Å². The molecule has 0 saturated heterocycles. The SMILES string of the molecule is COC(=O)[C@@H]1CC[C@@H]1Cn1nc2n(c1=O)CCOC2. The summed E-state index contributed by atoms with van der Waals surface area (Å²) in [5.74, 6) is 0.552. The predicted octanol–water partition coefficient (Wildman–Crippen LogP) is -0.226. The quantitative estimate of drug-likeness (QED) is 0.707. The van der Waals surface area contributed by atoms with Gasteiger partial charge in [0, 0.05) is 0 Å². The lowest BCUT2D eigenvalue weighted by molar-refractivity contribution is -0.152. The standard InChI is InChI=1S/C12H17N3O4/c1-18-11(16)9-3-2-8(9)6-15-12(17)14-4-5-19-7-10(14)13-15/h8-9H,2-7H2,1H3/t8-,9-/m1/s1. The number of methoxy groups -OCH3 is 1. The van der Waals surface area contributed by atoms with E-state index in [0.717, 1.165) is 12.8 Å². The van der Waals surface area contributed by atoms with Crippen molar-refractivity contribution in [3.8, 4) is 0 Å². The third kappa shape index (κ3) is 2.07. The zero-order chi connectivity index (χ0) is 13.4. The normalized spacial score (nSPS) is 25.5. The zero-order valence-corrected chi connectivity index (χ0v) is 10.9. The number of carbonyl (C=O) groups is 1. The molecule has 7 nitrogen and oxygen atoms in total. The fourth-order valence-corrected chi connectivity index (χ4v) is 2.73. The molecule has 1 aliphatic carbocycles. The number of aromatic nitrogens is 3. The fraction of sp³-hybridized carbons (Fsp3) is 0.750. The van der Waals surface area contributed by atoms with Crippen LogP contribution in [0.2, 0.25) is 0 Å². The van der Waals surface area contributed by atoms with Gasteiger partial charge >= 0.3 is 11.7 Å². The van der Waals surface area contributed by atoms with Crippen molar-refractivity contribution in [1.29, 1.82) is 0 Å². The zero-order valence-electron chi connectivity index (χ0n) is 10.9. The van der Waals surface area contributed by atoms with E-state index in [0.29, 0.717) is 32.1 Å². The van der Waals surface area contributed by atoms with Crippen LogP contribution < -0.4 is 5.69 Å². The number of rotatable bonds is 3. The third-order valence-electron chi connectivity index (χ3n) is 4.02. The summed E-state index contributed by atoms with van der Waals surface area (Å²) in [6.07, 6.45) is 1.77. The van der Waals surface area contributed by atoms with E-state index in [1.54, 1.807) is 4.57 Å². The van der Waals surface area contributed by atoms with E-state index in [1.807, 2.05) is 0 Å². The van der Waals surface area contributed by atoms with E-state index in [-0.39, 0.29) is 23.5 Å². The molecule has 0 radical (unpaired) electrons. The number of carbonyl (C=O) groups excluding carboxylic acids is 1. The van der Waals surface area contributed by atoms with Gasteiger partial charge in [0.1, 0.15) is 6.61 Å². The molecule has 0 amide bonds. The Bertz CT molecular complexity index is 548. The van der Waals surface area contributed by atoms with Crippen molar-refractivity contribution >= 4 is 5.97 Å². The Balaban J connectivity index is 1.76. The van der Waals surface area contributed by atoms with Crippen LogP contribution in [-0.2, 0) is 34.0 Å². The Labute approximate surface area is 110 Å². The van der Waals surface area contributed by atoms with Crippen molar-refractivity contribution in [2.45, 2.75) is 32.5 Å². The number of hydrogen-bond donors (Lipinski definition) is 0. The molecule has 0 aromatic carbocycles. The molecule has 1 aliphatic heterocycles. The van der Waals surface area contributed by atoms with Gasteiger partial charge in [-0.25, -0.2) is 9.48 Å². The van der Waals surface area contributed by atoms with Crippen LogP contribution in [0.25, 0.3) is 0 Å². The molecule has 2 atom stereocenters. The average molecular weight is 267 g/mol. The summed E-state index contributed by atoms with van der Waals surface area (Å²) >= 11 is 0. The van der Waals surface area contributed by atoms with Crippen molar-refractivity contribution in [2.24, 2.45) is 11.8 Å². The summed E-state index contributed by atoms with van der Waals surface area (Å²) in [5.41, 5.74) is -0.103. The Kier molecular flexibility index (Phi) is 3.14. The Morgan fingerprint density at radius 3 is 3.00 bits per heavy atom. The predicted molar refractivity (Wildman–Crippen MR) is 64.4 cm³/mol. The topological polar surface area (TPSA) is 75.4 Å². The monoisotopic (exact) mass is 267 g/mol. The highest BCUT2D eigenvalue weighted by Crippen LogP contribution is 2.35. The molecular formula is C12H17N3O4. The lowest BCUT2D eigenvalue weighted by atomic mass is 9.73. The fourth-order valence-electron chi connectivity index (χ4n) is 2.73. The lowest BCUT2D eigenvalue weighted by Gasteiger charge is -2.33. The number of fused-ring (bicyclic) bond motifs is 1. The highest BCUT2D eigenvalue weighted by Gasteiger charge is 2.38. The minimum atomic E-state index is -0.184. The smallest absolute Gasteiger partial charge is 0.346 e. The van der Waals surface area contributed by atoms with Crippen molar-refractivity contribution in [1.82, 2.24) is 14.3 Å². The van der Waals surface area contributed by atoms with Gasteiger partial charge in [0.25, 0.3) is 0 Å². The minimum absolute atomic E-state index is 0.0909. The summed E-state index contributed by atoms with van der Waals surface area (Å²) in [5, 5.41) is 4.28. The van der Waals surface area contributed by atoms with Gasteiger partial charge in [-0.2, -0.15) is 5.10 Å². The van der Waals surface area contributed by atoms with Crippen LogP contribution in [0.1, 0.15) is 18.7 Å². The Hall–Kier alpha value is -1.63. The number of esters is 1. The maximum absolute atomic E-state index is 12.1. The van der Waals surface area contributed by atoms with Gasteiger partial charge in [0.15, 0.2) is 5.82 Å². The van der Waals surface area contributed by atoms with E-state index in [4.69, 9.17) is 9.47 Å². The minimum Gasteiger partial charge on any atom is -0.469 e. The molecule has 1 aromatic rings. The van der Waals surface area contributed by atoms with Crippen LogP contribution in [0.15, 0.2) is 4.79 Å². The molecule has 2 aliphatic rings. The van der Waals surface area contributed by atoms with Gasteiger partial charge in [0.05, 0.1) is 32.7 Å². The van der Waals surface area contributed by atoms with Gasteiger partial charge in [-0.1, -0.05) is 0 Å². The maximum Gasteiger partial charge on any atom is 0.346 e. The molecule has 19 heavy (non-hydrogen) atoms. The van der Waals surface area contributed by atoms with Gasteiger partial charge < -0.3 is 9.47 Å². The van der Waals surface area contributed by atoms with Gasteiger partial charge in [-0.3, -0.25) is 9.36 Å². The molecule has 0 N–H and O–H groups in total. The largest absolute Gasteiger partial charge is 0.469 e. The van der Waals surface area contributed by atoms with Gasteiger partial charge in [-0.05, 0) is 18.8 Å². The Morgan fingerprint density at radius 1 is 1.53 bits per heavy atom. The second kappa shape index (κ2) is 4.80. The molecule has 104 valence electrons. The third-order valence-corrected chi connectivity index (χ3v) is 4.02. The molecule has 1 aromatic heterocycles. The van der Waals surface area contributed by atoms with E-state index < -0.39 is 0 Å². The summed E-state index contributed by atoms with van der Waals surface area (Å²) in [7, 11) is 1.40. The van der Waals surface area contributed by atoms with Crippen LogP contribution >= 0.6 is 0 Å². The highest BCUT2D eigenvalue weighted by atomic mass is 16.5. The second-order valence-corrected chi connectivity index (χ2v) is 5.05. The summed E-state index contributed by atoms with van der Waals surface area (Å²) in [6.45, 7) is 1.97. The summed E-state index contributed by atoms with van der Waals surface area (Å²) < 4.78 is 13.1. The van der Waals surface area contributed by atoms with Crippen LogP contribution in [0.5, 0.6) is 0 Å². The van der Waals surface area contributed by atoms with E-state index >= 15 is 0 Å². The van der Waals surface area contributed by atoms with Crippen LogP contribution in [0, 0.1) is 11.8 Å². The summed E-state index contributed by atoms with van der Waals surface area (Å²) in [4.78, 5) is 23.6. The van der Waals surface area contributed by atoms with E-state index in [9.17, 15) is 9.59 Å². The van der Waals surface area contributed by atoms with Gasteiger partial charge in [-0.15, -0.1) is 0 Å². The molecule has 1 saturated carbocycles.